The van der Waals surface area contributed by atoms with Crippen LogP contribution >= 0.6 is 0 Å². The van der Waals surface area contributed by atoms with Gasteiger partial charge in [-0.15, -0.1) is 0 Å². The molecule has 1 fully saturated rings. The van der Waals surface area contributed by atoms with E-state index in [1.165, 1.54) is 31.2 Å². The van der Waals surface area contributed by atoms with Gasteiger partial charge in [0, 0.05) is 19.8 Å². The van der Waals surface area contributed by atoms with Crippen molar-refractivity contribution in [3.05, 3.63) is 35.9 Å². The van der Waals surface area contributed by atoms with Gasteiger partial charge in [-0.05, 0) is 17.4 Å². The molecule has 0 bridgehead atoms. The molecule has 0 radical (unpaired) electrons. The first-order valence-corrected chi connectivity index (χ1v) is 8.99. The summed E-state index contributed by atoms with van der Waals surface area (Å²) in [7, 11) is 2.05. The van der Waals surface area contributed by atoms with E-state index >= 15 is 0 Å². The minimum absolute atomic E-state index is 0.529. The van der Waals surface area contributed by atoms with Crippen molar-refractivity contribution in [3.63, 3.8) is 0 Å². The highest BCUT2D eigenvalue weighted by Crippen LogP contribution is 2.45. The fraction of sp³-hybridized carbons (Fsp3) is 0.625. The van der Waals surface area contributed by atoms with E-state index in [-0.39, 0.29) is 0 Å². The summed E-state index contributed by atoms with van der Waals surface area (Å²) in [5.74, 6) is 1.31. The Morgan fingerprint density at radius 2 is 1.63 bits per heavy atom. The Bertz CT molecular complexity index is 356. The van der Waals surface area contributed by atoms with E-state index in [0.29, 0.717) is 11.5 Å². The Hall–Kier alpha value is -0.643. The molecule has 1 saturated carbocycles. The molecule has 2 unspecified atom stereocenters. The Morgan fingerprint density at radius 3 is 2.16 bits per heavy atom. The summed E-state index contributed by atoms with van der Waals surface area (Å²) < 4.78 is 11.5. The van der Waals surface area contributed by atoms with E-state index in [1.807, 2.05) is 14.2 Å². The lowest BCUT2D eigenvalue weighted by Gasteiger charge is -2.33. The normalized spacial score (nSPS) is 19.8. The van der Waals surface area contributed by atoms with Gasteiger partial charge in [-0.3, -0.25) is 0 Å². The lowest BCUT2D eigenvalue weighted by Crippen LogP contribution is -2.33. The van der Waals surface area contributed by atoms with Crippen molar-refractivity contribution in [2.75, 3.05) is 14.2 Å². The summed E-state index contributed by atoms with van der Waals surface area (Å²) in [6.45, 7) is 2.34. The zero-order chi connectivity index (χ0) is 13.7. The van der Waals surface area contributed by atoms with Gasteiger partial charge in [-0.2, -0.15) is 0 Å². The smallest absolute Gasteiger partial charge is 0.324 e. The molecule has 0 N–H and O–H groups in total. The third-order valence-electron chi connectivity index (χ3n) is 4.63. The molecule has 19 heavy (non-hydrogen) atoms. The summed E-state index contributed by atoms with van der Waals surface area (Å²) in [5.41, 5.74) is 2.01. The zero-order valence-electron chi connectivity index (χ0n) is 12.3. The van der Waals surface area contributed by atoms with Crippen LogP contribution in [-0.4, -0.2) is 23.5 Å². The van der Waals surface area contributed by atoms with Crippen molar-refractivity contribution < 1.29 is 8.85 Å². The molecule has 0 heterocycles. The van der Waals surface area contributed by atoms with Gasteiger partial charge in [0.15, 0.2) is 0 Å². The van der Waals surface area contributed by atoms with E-state index < -0.39 is 9.28 Å². The summed E-state index contributed by atoms with van der Waals surface area (Å²) >= 11 is 0. The maximum Gasteiger partial charge on any atom is 0.324 e. The molecule has 1 aliphatic carbocycles. The monoisotopic (exact) mass is 278 g/mol. The second-order valence-electron chi connectivity index (χ2n) is 5.66. The molecule has 1 aromatic carbocycles. The Morgan fingerprint density at radius 1 is 1.05 bits per heavy atom. The van der Waals surface area contributed by atoms with Crippen molar-refractivity contribution in [2.24, 2.45) is 5.92 Å². The predicted molar refractivity (Wildman–Crippen MR) is 81.7 cm³/mol. The third kappa shape index (κ3) is 3.47. The van der Waals surface area contributed by atoms with Crippen LogP contribution in [0.3, 0.4) is 0 Å². The topological polar surface area (TPSA) is 18.5 Å². The summed E-state index contributed by atoms with van der Waals surface area (Å²) in [5, 5.41) is 0. The standard InChI is InChI=1S/C16H26O2Si/c1-13(14-9-5-4-6-10-14)16(19(17-2)18-3)15-11-7-8-12-15/h4-6,9-10,13,15-16,19H,7-8,11-12H2,1-3H3. The highest BCUT2D eigenvalue weighted by Gasteiger charge is 2.38. The van der Waals surface area contributed by atoms with Gasteiger partial charge < -0.3 is 8.85 Å². The van der Waals surface area contributed by atoms with Crippen LogP contribution in [0.25, 0.3) is 0 Å². The number of hydrogen-bond donors (Lipinski definition) is 0. The molecule has 3 heteroatoms. The summed E-state index contributed by atoms with van der Waals surface area (Å²) in [6.07, 6.45) is 5.44. The second kappa shape index (κ2) is 7.22. The van der Waals surface area contributed by atoms with Crippen molar-refractivity contribution in [1.82, 2.24) is 0 Å². The maximum absolute atomic E-state index is 5.73. The van der Waals surface area contributed by atoms with Crippen molar-refractivity contribution in [2.45, 2.75) is 44.1 Å². The summed E-state index contributed by atoms with van der Waals surface area (Å²) in [4.78, 5) is 0. The number of hydrogen-bond acceptors (Lipinski definition) is 2. The Balaban J connectivity index is 2.20. The molecule has 2 atom stereocenters. The van der Waals surface area contributed by atoms with E-state index in [4.69, 9.17) is 8.85 Å². The molecule has 0 aromatic heterocycles. The molecule has 0 aliphatic heterocycles. The first-order valence-electron chi connectivity index (χ1n) is 7.38. The van der Waals surface area contributed by atoms with Crippen LogP contribution in [0.1, 0.15) is 44.1 Å². The first-order chi connectivity index (χ1) is 9.27. The van der Waals surface area contributed by atoms with E-state index in [2.05, 4.69) is 37.3 Å². The van der Waals surface area contributed by atoms with Gasteiger partial charge in [0.25, 0.3) is 0 Å². The highest BCUT2D eigenvalue weighted by atomic mass is 28.3. The Labute approximate surface area is 119 Å². The van der Waals surface area contributed by atoms with Gasteiger partial charge in [0.05, 0.1) is 0 Å². The van der Waals surface area contributed by atoms with Crippen LogP contribution in [0, 0.1) is 5.92 Å². The molecule has 1 aromatic rings. The molecule has 2 rings (SSSR count). The lowest BCUT2D eigenvalue weighted by molar-refractivity contribution is 0.240. The van der Waals surface area contributed by atoms with Crippen LogP contribution in [0.2, 0.25) is 5.54 Å². The molecule has 106 valence electrons. The van der Waals surface area contributed by atoms with Gasteiger partial charge >= 0.3 is 9.28 Å². The zero-order valence-corrected chi connectivity index (χ0v) is 13.5. The van der Waals surface area contributed by atoms with Crippen LogP contribution in [-0.2, 0) is 8.85 Å². The average Bonchev–Trinajstić information content (AvgIpc) is 2.98. The number of rotatable bonds is 6. The number of benzene rings is 1. The van der Waals surface area contributed by atoms with Crippen LogP contribution in [0.15, 0.2) is 30.3 Å². The lowest BCUT2D eigenvalue weighted by atomic mass is 9.88. The fourth-order valence-electron chi connectivity index (χ4n) is 3.60. The van der Waals surface area contributed by atoms with Crippen molar-refractivity contribution >= 4 is 9.28 Å². The van der Waals surface area contributed by atoms with Crippen LogP contribution in [0.4, 0.5) is 0 Å². The van der Waals surface area contributed by atoms with Gasteiger partial charge in [-0.1, -0.05) is 62.9 Å². The van der Waals surface area contributed by atoms with Gasteiger partial charge in [0.2, 0.25) is 0 Å². The largest absolute Gasteiger partial charge is 0.400 e. The average molecular weight is 278 g/mol. The molecule has 0 amide bonds. The van der Waals surface area contributed by atoms with Gasteiger partial charge in [-0.25, -0.2) is 0 Å². The predicted octanol–water partition coefficient (Wildman–Crippen LogP) is 3.86. The van der Waals surface area contributed by atoms with E-state index in [1.54, 1.807) is 0 Å². The molecule has 2 nitrogen and oxygen atoms in total. The second-order valence-corrected chi connectivity index (χ2v) is 8.11. The quantitative estimate of drug-likeness (QED) is 0.736. The van der Waals surface area contributed by atoms with Crippen LogP contribution < -0.4 is 0 Å². The highest BCUT2D eigenvalue weighted by molar-refractivity contribution is 6.46. The van der Waals surface area contributed by atoms with E-state index in [9.17, 15) is 0 Å². The Kier molecular flexibility index (Phi) is 5.61. The molecular formula is C16H26O2Si. The minimum Gasteiger partial charge on any atom is -0.400 e. The van der Waals surface area contributed by atoms with Crippen molar-refractivity contribution in [3.8, 4) is 0 Å². The minimum atomic E-state index is -1.59. The van der Waals surface area contributed by atoms with Gasteiger partial charge in [0.1, 0.15) is 0 Å². The van der Waals surface area contributed by atoms with Crippen molar-refractivity contribution in [1.29, 1.82) is 0 Å². The first kappa shape index (κ1) is 14.8. The molecule has 0 saturated heterocycles. The molecule has 1 aliphatic rings. The third-order valence-corrected chi connectivity index (χ3v) is 7.31. The van der Waals surface area contributed by atoms with Crippen LogP contribution in [0.5, 0.6) is 0 Å². The molecule has 0 spiro atoms. The summed E-state index contributed by atoms with van der Waals surface area (Å²) in [6, 6.07) is 10.8. The SMILES string of the molecule is CO[SiH](OC)C(C1CCCC1)C(C)c1ccccc1. The van der Waals surface area contributed by atoms with E-state index in [0.717, 1.165) is 5.92 Å². The maximum atomic E-state index is 5.73. The fourth-order valence-corrected chi connectivity index (χ4v) is 5.94. The molecular weight excluding hydrogens is 252 g/mol.